The maximum atomic E-state index is 13.7. The van der Waals surface area contributed by atoms with E-state index in [4.69, 9.17) is 9.47 Å². The molecule has 3 atom stereocenters. The summed E-state index contributed by atoms with van der Waals surface area (Å²) in [7, 11) is 0. The van der Waals surface area contributed by atoms with Crippen molar-refractivity contribution in [3.8, 4) is 11.1 Å². The van der Waals surface area contributed by atoms with Crippen LogP contribution in [0.3, 0.4) is 0 Å². The number of aliphatic carboxylic acids is 1. The lowest BCUT2D eigenvalue weighted by atomic mass is 9.74. The van der Waals surface area contributed by atoms with Gasteiger partial charge < -0.3 is 24.8 Å². The maximum Gasteiger partial charge on any atom is 0.408 e. The Hall–Kier alpha value is -3.39. The molecular formula is C27H28N2O6. The maximum absolute atomic E-state index is 13.7. The monoisotopic (exact) mass is 476 g/mol. The van der Waals surface area contributed by atoms with Crippen molar-refractivity contribution in [1.82, 2.24) is 10.2 Å². The van der Waals surface area contributed by atoms with Crippen LogP contribution in [0.15, 0.2) is 48.5 Å². The molecule has 2 N–H and O–H groups in total. The molecule has 2 amide bonds. The summed E-state index contributed by atoms with van der Waals surface area (Å²) in [6, 6.07) is 16.0. The smallest absolute Gasteiger partial charge is 0.408 e. The molecule has 3 unspecified atom stereocenters. The van der Waals surface area contributed by atoms with E-state index in [1.165, 1.54) is 0 Å². The van der Waals surface area contributed by atoms with E-state index in [1.54, 1.807) is 4.90 Å². The van der Waals surface area contributed by atoms with Gasteiger partial charge in [-0.25, -0.2) is 4.79 Å². The Labute approximate surface area is 203 Å². The van der Waals surface area contributed by atoms with E-state index in [0.29, 0.717) is 39.0 Å². The number of amides is 2. The summed E-state index contributed by atoms with van der Waals surface area (Å²) in [4.78, 5) is 39.9. The molecule has 3 heterocycles. The van der Waals surface area contributed by atoms with Crippen LogP contribution in [0.1, 0.15) is 36.3 Å². The van der Waals surface area contributed by atoms with Gasteiger partial charge in [-0.15, -0.1) is 0 Å². The largest absolute Gasteiger partial charge is 0.481 e. The molecule has 35 heavy (non-hydrogen) atoms. The van der Waals surface area contributed by atoms with Crippen molar-refractivity contribution in [2.24, 2.45) is 11.8 Å². The van der Waals surface area contributed by atoms with Crippen molar-refractivity contribution in [2.45, 2.75) is 36.8 Å². The van der Waals surface area contributed by atoms with E-state index in [1.807, 2.05) is 24.3 Å². The van der Waals surface area contributed by atoms with Gasteiger partial charge in [-0.3, -0.25) is 9.59 Å². The van der Waals surface area contributed by atoms with Gasteiger partial charge in [0.05, 0.1) is 5.92 Å². The minimum Gasteiger partial charge on any atom is -0.481 e. The highest BCUT2D eigenvalue weighted by atomic mass is 16.5. The van der Waals surface area contributed by atoms with Gasteiger partial charge in [-0.1, -0.05) is 48.5 Å². The van der Waals surface area contributed by atoms with Gasteiger partial charge >= 0.3 is 12.1 Å². The van der Waals surface area contributed by atoms with E-state index >= 15 is 0 Å². The van der Waals surface area contributed by atoms with Crippen molar-refractivity contribution in [2.75, 3.05) is 26.4 Å². The first kappa shape index (κ1) is 22.1. The standard InChI is InChI=1S/C27H28N2O6/c30-24(31)23-16-13-22(23)29(14-16)25(32)27(9-11-34-12-10-27)28-26(33)35-15-21-19-7-3-1-5-17(19)18-6-2-4-8-20(18)21/h1-8,16,21-23H,9-15H2,(H,28,33)(H,30,31). The van der Waals surface area contributed by atoms with E-state index in [-0.39, 0.29) is 30.4 Å². The molecule has 8 heteroatoms. The molecule has 3 aliphatic heterocycles. The molecule has 5 aliphatic rings. The Morgan fingerprint density at radius 2 is 1.66 bits per heavy atom. The summed E-state index contributed by atoms with van der Waals surface area (Å²) in [5.74, 6) is -1.66. The molecule has 0 spiro atoms. The number of hydrogen-bond acceptors (Lipinski definition) is 5. The van der Waals surface area contributed by atoms with Crippen molar-refractivity contribution in [3.05, 3.63) is 59.7 Å². The average Bonchev–Trinajstić information content (AvgIpc) is 3.53. The molecule has 0 radical (unpaired) electrons. The lowest BCUT2D eigenvalue weighted by Crippen LogP contribution is -2.63. The number of ether oxygens (including phenoxy) is 2. The summed E-state index contributed by atoms with van der Waals surface area (Å²) >= 11 is 0. The van der Waals surface area contributed by atoms with Gasteiger partial charge in [0.1, 0.15) is 12.1 Å². The quantitative estimate of drug-likeness (QED) is 0.688. The van der Waals surface area contributed by atoms with E-state index in [0.717, 1.165) is 22.3 Å². The lowest BCUT2D eigenvalue weighted by molar-refractivity contribution is -0.150. The second kappa shape index (κ2) is 8.37. The van der Waals surface area contributed by atoms with Gasteiger partial charge in [-0.2, -0.15) is 0 Å². The van der Waals surface area contributed by atoms with E-state index in [2.05, 4.69) is 29.6 Å². The molecule has 2 bridgehead atoms. The molecule has 8 nitrogen and oxygen atoms in total. The zero-order chi connectivity index (χ0) is 24.2. The summed E-state index contributed by atoms with van der Waals surface area (Å²) in [5.41, 5.74) is 3.40. The Balaban J connectivity index is 1.17. The number of hydrogen-bond donors (Lipinski definition) is 2. The van der Waals surface area contributed by atoms with E-state index < -0.39 is 23.5 Å². The fourth-order valence-electron chi connectivity index (χ4n) is 6.44. The van der Waals surface area contributed by atoms with Crippen LogP contribution >= 0.6 is 0 Å². The fraction of sp³-hybridized carbons (Fsp3) is 0.444. The summed E-state index contributed by atoms with van der Waals surface area (Å²) in [6.45, 7) is 1.28. The van der Waals surface area contributed by atoms with Crippen LogP contribution in [0.2, 0.25) is 0 Å². The van der Waals surface area contributed by atoms with Crippen molar-refractivity contribution < 1.29 is 29.0 Å². The molecule has 2 aliphatic carbocycles. The zero-order valence-electron chi connectivity index (χ0n) is 19.3. The normalized spacial score (nSPS) is 25.8. The second-order valence-electron chi connectivity index (χ2n) is 10.0. The third kappa shape index (κ3) is 3.50. The predicted octanol–water partition coefficient (Wildman–Crippen LogP) is 3.01. The van der Waals surface area contributed by atoms with Gasteiger partial charge in [0.2, 0.25) is 5.91 Å². The van der Waals surface area contributed by atoms with Gasteiger partial charge in [-0.05, 0) is 34.6 Å². The molecule has 7 rings (SSSR count). The van der Waals surface area contributed by atoms with Gasteiger partial charge in [0.25, 0.3) is 0 Å². The highest BCUT2D eigenvalue weighted by molar-refractivity contribution is 5.92. The number of nitrogens with one attached hydrogen (secondary N) is 1. The van der Waals surface area contributed by atoms with Crippen LogP contribution in [-0.4, -0.2) is 65.9 Å². The third-order valence-electron chi connectivity index (χ3n) is 8.28. The Bertz CT molecular complexity index is 1140. The average molecular weight is 477 g/mol. The summed E-state index contributed by atoms with van der Waals surface area (Å²) in [6.07, 6.45) is 0.743. The number of rotatable bonds is 5. The van der Waals surface area contributed by atoms with Crippen LogP contribution in [0.4, 0.5) is 4.79 Å². The third-order valence-corrected chi connectivity index (χ3v) is 8.28. The fourth-order valence-corrected chi connectivity index (χ4v) is 6.44. The number of carbonyl (C=O) groups excluding carboxylic acids is 2. The van der Waals surface area contributed by atoms with Crippen molar-refractivity contribution in [3.63, 3.8) is 0 Å². The minimum atomic E-state index is -1.14. The topological polar surface area (TPSA) is 105 Å². The van der Waals surface area contributed by atoms with Crippen LogP contribution < -0.4 is 5.32 Å². The molecular weight excluding hydrogens is 448 g/mol. The zero-order valence-corrected chi connectivity index (χ0v) is 19.3. The molecule has 0 aromatic heterocycles. The Kier molecular flexibility index (Phi) is 5.29. The highest BCUT2D eigenvalue weighted by Crippen LogP contribution is 2.48. The van der Waals surface area contributed by atoms with Crippen molar-refractivity contribution >= 4 is 18.0 Å². The van der Waals surface area contributed by atoms with Crippen molar-refractivity contribution in [1.29, 1.82) is 0 Å². The van der Waals surface area contributed by atoms with Crippen LogP contribution in [-0.2, 0) is 19.1 Å². The highest BCUT2D eigenvalue weighted by Gasteiger charge is 2.60. The summed E-state index contributed by atoms with van der Waals surface area (Å²) in [5, 5.41) is 12.4. The number of alkyl carbamates (subject to hydrolysis) is 1. The van der Waals surface area contributed by atoms with Crippen LogP contribution in [0, 0.1) is 11.8 Å². The van der Waals surface area contributed by atoms with E-state index in [9.17, 15) is 19.5 Å². The number of carbonyl (C=O) groups is 3. The number of benzene rings is 2. The van der Waals surface area contributed by atoms with Crippen LogP contribution in [0.25, 0.3) is 11.1 Å². The number of nitrogens with zero attached hydrogens (tertiary/aromatic N) is 1. The second-order valence-corrected chi connectivity index (χ2v) is 10.0. The molecule has 1 saturated carbocycles. The number of carboxylic acid groups (broad SMARTS) is 1. The number of carboxylic acids is 1. The minimum absolute atomic E-state index is 0.00667. The molecule has 4 fully saturated rings. The van der Waals surface area contributed by atoms with Gasteiger partial charge in [0, 0.05) is 44.6 Å². The molecule has 2 aromatic rings. The predicted molar refractivity (Wildman–Crippen MR) is 126 cm³/mol. The first-order valence-electron chi connectivity index (χ1n) is 12.2. The molecule has 182 valence electrons. The first-order valence-corrected chi connectivity index (χ1v) is 12.2. The Morgan fingerprint density at radius 1 is 1.03 bits per heavy atom. The van der Waals surface area contributed by atoms with Crippen LogP contribution in [0.5, 0.6) is 0 Å². The Morgan fingerprint density at radius 3 is 2.26 bits per heavy atom. The first-order chi connectivity index (χ1) is 17.0. The lowest BCUT2D eigenvalue weighted by Gasteiger charge is -2.41. The SMILES string of the molecule is O=C(NC1(C(=O)N2CC3CC2C3C(=O)O)CCOCC1)OCC1c2ccccc2-c2ccccc21. The number of fused-ring (bicyclic) bond motifs is 4. The summed E-state index contributed by atoms with van der Waals surface area (Å²) < 4.78 is 11.2. The van der Waals surface area contributed by atoms with Gasteiger partial charge in [0.15, 0.2) is 0 Å². The molecule has 3 saturated heterocycles. The molecule has 2 aromatic carbocycles.